The highest BCUT2D eigenvalue weighted by Gasteiger charge is 2.23. The Kier molecular flexibility index (Phi) is 4.14. The predicted octanol–water partition coefficient (Wildman–Crippen LogP) is 2.27. The average molecular weight is 242 g/mol. The predicted molar refractivity (Wildman–Crippen MR) is 70.1 cm³/mol. The van der Waals surface area contributed by atoms with Gasteiger partial charge in [0.2, 0.25) is 0 Å². The third-order valence-electron chi connectivity index (χ3n) is 3.02. The standard InChI is InChI=1S/C12H22N2OS/c1-12(2)8-14-11(16-9-12)13-6-5-10-4-3-7-15-10/h10H,3-9H2,1-2H3,(H,13,14). The fraction of sp³-hybridized carbons (Fsp3) is 0.917. The molecule has 16 heavy (non-hydrogen) atoms. The minimum atomic E-state index is 0.365. The number of ether oxygens (including phenoxy) is 1. The van der Waals surface area contributed by atoms with E-state index in [9.17, 15) is 0 Å². The smallest absolute Gasteiger partial charge is 0.156 e. The maximum absolute atomic E-state index is 5.59. The summed E-state index contributed by atoms with van der Waals surface area (Å²) in [6.07, 6.45) is 4.06. The molecule has 2 aliphatic rings. The molecule has 0 radical (unpaired) electrons. The summed E-state index contributed by atoms with van der Waals surface area (Å²) in [4.78, 5) is 4.57. The average Bonchev–Trinajstić information content (AvgIpc) is 2.73. The van der Waals surface area contributed by atoms with Crippen molar-refractivity contribution in [2.24, 2.45) is 10.4 Å². The van der Waals surface area contributed by atoms with E-state index in [0.717, 1.165) is 31.3 Å². The topological polar surface area (TPSA) is 33.6 Å². The zero-order valence-electron chi connectivity index (χ0n) is 10.3. The Morgan fingerprint density at radius 1 is 1.56 bits per heavy atom. The fourth-order valence-corrected chi connectivity index (χ4v) is 2.94. The Morgan fingerprint density at radius 2 is 2.44 bits per heavy atom. The van der Waals surface area contributed by atoms with Gasteiger partial charge in [-0.3, -0.25) is 4.99 Å². The molecule has 0 spiro atoms. The second kappa shape index (κ2) is 5.41. The van der Waals surface area contributed by atoms with E-state index >= 15 is 0 Å². The summed E-state index contributed by atoms with van der Waals surface area (Å²) in [5.41, 5.74) is 0.365. The van der Waals surface area contributed by atoms with Gasteiger partial charge < -0.3 is 10.1 Å². The van der Waals surface area contributed by atoms with Gasteiger partial charge in [-0.25, -0.2) is 0 Å². The van der Waals surface area contributed by atoms with E-state index in [1.165, 1.54) is 18.6 Å². The van der Waals surface area contributed by atoms with E-state index in [4.69, 9.17) is 4.74 Å². The summed E-state index contributed by atoms with van der Waals surface area (Å²) in [5.74, 6) is 1.17. The fourth-order valence-electron chi connectivity index (χ4n) is 1.96. The van der Waals surface area contributed by atoms with Crippen LogP contribution in [0.3, 0.4) is 0 Å². The maximum atomic E-state index is 5.59. The lowest BCUT2D eigenvalue weighted by molar-refractivity contribution is 0.105. The number of amidine groups is 1. The molecule has 1 N–H and O–H groups in total. The van der Waals surface area contributed by atoms with E-state index in [-0.39, 0.29) is 0 Å². The van der Waals surface area contributed by atoms with Crippen molar-refractivity contribution < 1.29 is 4.74 Å². The van der Waals surface area contributed by atoms with Crippen molar-refractivity contribution in [3.8, 4) is 0 Å². The third kappa shape index (κ3) is 3.67. The normalized spacial score (nSPS) is 28.9. The van der Waals surface area contributed by atoms with Crippen molar-refractivity contribution in [1.82, 2.24) is 5.32 Å². The summed E-state index contributed by atoms with van der Waals surface area (Å²) in [6, 6.07) is 0. The van der Waals surface area contributed by atoms with Crippen LogP contribution >= 0.6 is 11.8 Å². The molecule has 92 valence electrons. The van der Waals surface area contributed by atoms with Crippen LogP contribution in [0.1, 0.15) is 33.1 Å². The third-order valence-corrected chi connectivity index (χ3v) is 4.49. The molecule has 0 aliphatic carbocycles. The molecule has 2 rings (SSSR count). The van der Waals surface area contributed by atoms with Gasteiger partial charge in [-0.1, -0.05) is 25.6 Å². The summed E-state index contributed by atoms with van der Waals surface area (Å²) in [5, 5.41) is 4.54. The first-order valence-electron chi connectivity index (χ1n) is 6.18. The summed E-state index contributed by atoms with van der Waals surface area (Å²) in [6.45, 7) is 7.44. The number of hydrogen-bond acceptors (Lipinski definition) is 4. The molecule has 0 aromatic carbocycles. The number of hydrogen-bond donors (Lipinski definition) is 1. The Morgan fingerprint density at radius 3 is 3.06 bits per heavy atom. The van der Waals surface area contributed by atoms with Crippen molar-refractivity contribution >= 4 is 16.9 Å². The van der Waals surface area contributed by atoms with Crippen LogP contribution in [0.25, 0.3) is 0 Å². The lowest BCUT2D eigenvalue weighted by atomic mass is 9.97. The zero-order chi connectivity index (χ0) is 11.4. The van der Waals surface area contributed by atoms with E-state index in [1.807, 2.05) is 11.8 Å². The molecule has 2 heterocycles. The van der Waals surface area contributed by atoms with Gasteiger partial charge >= 0.3 is 0 Å². The molecule has 0 aromatic rings. The number of aliphatic imine (C=N–C) groups is 1. The van der Waals surface area contributed by atoms with Crippen molar-refractivity contribution in [3.63, 3.8) is 0 Å². The summed E-state index contributed by atoms with van der Waals surface area (Å²) in [7, 11) is 0. The minimum Gasteiger partial charge on any atom is -0.378 e. The molecule has 0 aromatic heterocycles. The molecule has 1 unspecified atom stereocenters. The number of nitrogens with one attached hydrogen (secondary N) is 1. The Hall–Kier alpha value is -0.220. The Balaban J connectivity index is 1.65. The lowest BCUT2D eigenvalue weighted by Crippen LogP contribution is -2.32. The monoisotopic (exact) mass is 242 g/mol. The highest BCUT2D eigenvalue weighted by atomic mass is 32.2. The molecule has 4 heteroatoms. The molecule has 0 bridgehead atoms. The minimum absolute atomic E-state index is 0.365. The first kappa shape index (κ1) is 12.2. The largest absolute Gasteiger partial charge is 0.378 e. The molecule has 3 nitrogen and oxygen atoms in total. The Bertz CT molecular complexity index is 260. The van der Waals surface area contributed by atoms with Crippen LogP contribution in [0.4, 0.5) is 0 Å². The number of nitrogens with zero attached hydrogens (tertiary/aromatic N) is 1. The van der Waals surface area contributed by atoms with Gasteiger partial charge in [0.05, 0.1) is 6.10 Å². The van der Waals surface area contributed by atoms with Crippen LogP contribution < -0.4 is 5.32 Å². The van der Waals surface area contributed by atoms with Crippen molar-refractivity contribution in [3.05, 3.63) is 0 Å². The maximum Gasteiger partial charge on any atom is 0.156 e. The van der Waals surface area contributed by atoms with Gasteiger partial charge in [0, 0.05) is 25.4 Å². The van der Waals surface area contributed by atoms with E-state index in [2.05, 4.69) is 24.2 Å². The van der Waals surface area contributed by atoms with Gasteiger partial charge in [-0.2, -0.15) is 0 Å². The van der Waals surface area contributed by atoms with E-state index in [0.29, 0.717) is 11.5 Å². The highest BCUT2D eigenvalue weighted by Crippen LogP contribution is 2.27. The molecule has 1 saturated heterocycles. The molecule has 2 aliphatic heterocycles. The first-order valence-corrected chi connectivity index (χ1v) is 7.17. The van der Waals surface area contributed by atoms with E-state index in [1.54, 1.807) is 0 Å². The zero-order valence-corrected chi connectivity index (χ0v) is 11.1. The molecule has 1 fully saturated rings. The van der Waals surface area contributed by atoms with Crippen molar-refractivity contribution in [2.75, 3.05) is 25.4 Å². The highest BCUT2D eigenvalue weighted by molar-refractivity contribution is 8.13. The van der Waals surface area contributed by atoms with Crippen LogP contribution in [0.5, 0.6) is 0 Å². The molecule has 0 amide bonds. The van der Waals surface area contributed by atoms with Crippen LogP contribution in [-0.2, 0) is 4.74 Å². The van der Waals surface area contributed by atoms with Crippen LogP contribution in [0.15, 0.2) is 4.99 Å². The summed E-state index contributed by atoms with van der Waals surface area (Å²) < 4.78 is 5.59. The van der Waals surface area contributed by atoms with Gasteiger partial charge in [0.1, 0.15) is 0 Å². The molecular formula is C12H22N2OS. The molecule has 1 atom stereocenters. The number of thioether (sulfide) groups is 1. The molecular weight excluding hydrogens is 220 g/mol. The lowest BCUT2D eigenvalue weighted by Gasteiger charge is -2.27. The Labute approximate surface area is 102 Å². The molecule has 0 saturated carbocycles. The SMILES string of the molecule is CC1(C)CN=C(NCCC2CCCO2)SC1. The second-order valence-corrected chi connectivity index (χ2v) is 6.39. The summed E-state index contributed by atoms with van der Waals surface area (Å²) >= 11 is 1.85. The number of rotatable bonds is 3. The second-order valence-electron chi connectivity index (χ2n) is 5.42. The van der Waals surface area contributed by atoms with E-state index < -0.39 is 0 Å². The van der Waals surface area contributed by atoms with Gasteiger partial charge in [0.25, 0.3) is 0 Å². The van der Waals surface area contributed by atoms with Crippen molar-refractivity contribution in [2.45, 2.75) is 39.2 Å². The first-order chi connectivity index (χ1) is 7.66. The van der Waals surface area contributed by atoms with Gasteiger partial charge in [-0.15, -0.1) is 0 Å². The van der Waals surface area contributed by atoms with Crippen LogP contribution in [0, 0.1) is 5.41 Å². The van der Waals surface area contributed by atoms with Gasteiger partial charge in [0.15, 0.2) is 5.17 Å². The van der Waals surface area contributed by atoms with Crippen LogP contribution in [0.2, 0.25) is 0 Å². The van der Waals surface area contributed by atoms with Crippen molar-refractivity contribution in [1.29, 1.82) is 0 Å². The quantitative estimate of drug-likeness (QED) is 0.824. The van der Waals surface area contributed by atoms with Crippen LogP contribution in [-0.4, -0.2) is 36.7 Å². The van der Waals surface area contributed by atoms with Gasteiger partial charge in [-0.05, 0) is 24.7 Å².